The number of nitrogens with one attached hydrogen (secondary N) is 1. The zero-order valence-electron chi connectivity index (χ0n) is 11.1. The predicted molar refractivity (Wildman–Crippen MR) is 79.3 cm³/mol. The van der Waals surface area contributed by atoms with Crippen molar-refractivity contribution in [2.24, 2.45) is 0 Å². The average molecular weight is 292 g/mol. The van der Waals surface area contributed by atoms with Gasteiger partial charge in [0, 0.05) is 6.07 Å². The number of ether oxygens (including phenoxy) is 1. The first kappa shape index (κ1) is 14.1. The van der Waals surface area contributed by atoms with Crippen LogP contribution in [0.2, 0.25) is 5.02 Å². The van der Waals surface area contributed by atoms with Gasteiger partial charge in [-0.3, -0.25) is 9.78 Å². The van der Waals surface area contributed by atoms with E-state index in [1.807, 2.05) is 0 Å². The normalized spacial score (nSPS) is 10.2. The molecule has 0 atom stereocenters. The number of carbonyl (C=O) groups is 1. The zero-order chi connectivity index (χ0) is 14.7. The summed E-state index contributed by atoms with van der Waals surface area (Å²) in [6, 6.07) is 6.59. The van der Waals surface area contributed by atoms with Crippen LogP contribution in [0.1, 0.15) is 16.1 Å². The van der Waals surface area contributed by atoms with E-state index in [1.54, 1.807) is 38.3 Å². The van der Waals surface area contributed by atoms with Crippen molar-refractivity contribution < 1.29 is 9.53 Å². The number of halogens is 1. The maximum atomic E-state index is 12.2. The number of aromatic nitrogens is 1. The SMILES string of the molecule is COc1ccc(Cl)c(NC(=O)c2cc(N)cnc2C)c1. The molecule has 2 rings (SSSR count). The number of pyridine rings is 1. The van der Waals surface area contributed by atoms with Gasteiger partial charge in [-0.1, -0.05) is 11.6 Å². The highest BCUT2D eigenvalue weighted by Crippen LogP contribution is 2.27. The Morgan fingerprint density at radius 2 is 2.15 bits per heavy atom. The fraction of sp³-hybridized carbons (Fsp3) is 0.143. The number of rotatable bonds is 3. The largest absolute Gasteiger partial charge is 0.497 e. The van der Waals surface area contributed by atoms with E-state index in [9.17, 15) is 4.79 Å². The standard InChI is InChI=1S/C14H14ClN3O2/c1-8-11(5-9(16)7-17-8)14(19)18-13-6-10(20-2)3-4-12(13)15/h3-7H,16H2,1-2H3,(H,18,19). The van der Waals surface area contributed by atoms with E-state index in [0.29, 0.717) is 33.4 Å². The van der Waals surface area contributed by atoms with Crippen molar-refractivity contribution in [2.45, 2.75) is 6.92 Å². The van der Waals surface area contributed by atoms with Gasteiger partial charge in [0.2, 0.25) is 0 Å². The summed E-state index contributed by atoms with van der Waals surface area (Å²) in [7, 11) is 1.54. The average Bonchev–Trinajstić information content (AvgIpc) is 2.43. The van der Waals surface area contributed by atoms with Gasteiger partial charge in [-0.05, 0) is 25.1 Å². The third kappa shape index (κ3) is 3.00. The van der Waals surface area contributed by atoms with E-state index in [1.165, 1.54) is 6.20 Å². The lowest BCUT2D eigenvalue weighted by Crippen LogP contribution is -2.15. The highest BCUT2D eigenvalue weighted by Gasteiger charge is 2.13. The van der Waals surface area contributed by atoms with Crippen LogP contribution in [-0.2, 0) is 0 Å². The van der Waals surface area contributed by atoms with Crippen molar-refractivity contribution >= 4 is 28.9 Å². The maximum absolute atomic E-state index is 12.2. The number of carbonyl (C=O) groups excluding carboxylic acids is 1. The third-order valence-corrected chi connectivity index (χ3v) is 3.10. The molecule has 1 aromatic heterocycles. The first-order valence-corrected chi connectivity index (χ1v) is 6.26. The molecule has 1 aromatic carbocycles. The van der Waals surface area contributed by atoms with Crippen LogP contribution in [0.25, 0.3) is 0 Å². The summed E-state index contributed by atoms with van der Waals surface area (Å²) < 4.78 is 5.10. The Morgan fingerprint density at radius 3 is 2.85 bits per heavy atom. The number of hydrogen-bond acceptors (Lipinski definition) is 4. The Balaban J connectivity index is 2.30. The number of nitrogens with zero attached hydrogens (tertiary/aromatic N) is 1. The summed E-state index contributed by atoms with van der Waals surface area (Å²) in [5, 5.41) is 3.15. The van der Waals surface area contributed by atoms with Crippen LogP contribution in [0.4, 0.5) is 11.4 Å². The van der Waals surface area contributed by atoms with E-state index in [4.69, 9.17) is 22.1 Å². The zero-order valence-corrected chi connectivity index (χ0v) is 11.9. The van der Waals surface area contributed by atoms with Crippen LogP contribution >= 0.6 is 11.6 Å². The Morgan fingerprint density at radius 1 is 1.40 bits per heavy atom. The van der Waals surface area contributed by atoms with Crippen LogP contribution in [0.15, 0.2) is 30.5 Å². The summed E-state index contributed by atoms with van der Waals surface area (Å²) in [6.07, 6.45) is 1.50. The summed E-state index contributed by atoms with van der Waals surface area (Å²) >= 11 is 6.05. The molecule has 20 heavy (non-hydrogen) atoms. The lowest BCUT2D eigenvalue weighted by atomic mass is 10.1. The van der Waals surface area contributed by atoms with Gasteiger partial charge < -0.3 is 15.8 Å². The molecule has 2 aromatic rings. The monoisotopic (exact) mass is 291 g/mol. The van der Waals surface area contributed by atoms with Crippen LogP contribution in [0.3, 0.4) is 0 Å². The van der Waals surface area contributed by atoms with Gasteiger partial charge in [0.05, 0.1) is 41.0 Å². The van der Waals surface area contributed by atoms with Crippen molar-refractivity contribution in [3.05, 3.63) is 46.7 Å². The number of benzene rings is 1. The number of aryl methyl sites for hydroxylation is 1. The Bertz CT molecular complexity index is 659. The van der Waals surface area contributed by atoms with Crippen LogP contribution < -0.4 is 15.8 Å². The first-order chi connectivity index (χ1) is 9.51. The lowest BCUT2D eigenvalue weighted by Gasteiger charge is -2.10. The highest BCUT2D eigenvalue weighted by atomic mass is 35.5. The molecule has 0 aliphatic carbocycles. The number of amides is 1. The fourth-order valence-corrected chi connectivity index (χ4v) is 1.86. The first-order valence-electron chi connectivity index (χ1n) is 5.88. The molecule has 5 nitrogen and oxygen atoms in total. The maximum Gasteiger partial charge on any atom is 0.257 e. The van der Waals surface area contributed by atoms with Crippen molar-refractivity contribution in [1.82, 2.24) is 4.98 Å². The number of nitrogens with two attached hydrogens (primary N) is 1. The second kappa shape index (κ2) is 5.79. The molecule has 0 radical (unpaired) electrons. The van der Waals surface area contributed by atoms with Gasteiger partial charge in [-0.15, -0.1) is 0 Å². The summed E-state index contributed by atoms with van der Waals surface area (Å²) in [5.41, 5.74) is 7.54. The molecule has 0 aliphatic heterocycles. The molecule has 1 amide bonds. The highest BCUT2D eigenvalue weighted by molar-refractivity contribution is 6.34. The molecule has 1 heterocycles. The minimum absolute atomic E-state index is 0.322. The van der Waals surface area contributed by atoms with Crippen LogP contribution in [-0.4, -0.2) is 18.0 Å². The minimum atomic E-state index is -0.322. The number of nitrogen functional groups attached to an aromatic ring is 1. The molecular weight excluding hydrogens is 278 g/mol. The summed E-state index contributed by atoms with van der Waals surface area (Å²) in [5.74, 6) is 0.282. The molecule has 0 saturated carbocycles. The van der Waals surface area contributed by atoms with E-state index >= 15 is 0 Å². The molecule has 3 N–H and O–H groups in total. The van der Waals surface area contributed by atoms with Crippen LogP contribution in [0, 0.1) is 6.92 Å². The summed E-state index contributed by atoms with van der Waals surface area (Å²) in [6.45, 7) is 1.74. The number of hydrogen-bond donors (Lipinski definition) is 2. The van der Waals surface area contributed by atoms with Gasteiger partial charge >= 0.3 is 0 Å². The van der Waals surface area contributed by atoms with Crippen molar-refractivity contribution in [3.8, 4) is 5.75 Å². The van der Waals surface area contributed by atoms with Crippen molar-refractivity contribution in [2.75, 3.05) is 18.2 Å². The molecule has 6 heteroatoms. The molecule has 104 valence electrons. The lowest BCUT2D eigenvalue weighted by molar-refractivity contribution is 0.102. The molecule has 0 unspecified atom stereocenters. The molecule has 0 fully saturated rings. The topological polar surface area (TPSA) is 77.2 Å². The quantitative estimate of drug-likeness (QED) is 0.911. The molecule has 0 saturated heterocycles. The van der Waals surface area contributed by atoms with Crippen molar-refractivity contribution in [1.29, 1.82) is 0 Å². The second-order valence-corrected chi connectivity index (χ2v) is 4.61. The Labute approximate surface area is 121 Å². The number of methoxy groups -OCH3 is 1. The molecule has 0 aliphatic rings. The van der Waals surface area contributed by atoms with Gasteiger partial charge in [-0.2, -0.15) is 0 Å². The Hall–Kier alpha value is -2.27. The predicted octanol–water partition coefficient (Wildman–Crippen LogP) is 2.89. The fourth-order valence-electron chi connectivity index (χ4n) is 1.70. The molecule has 0 spiro atoms. The second-order valence-electron chi connectivity index (χ2n) is 4.20. The van der Waals surface area contributed by atoms with Crippen LogP contribution in [0.5, 0.6) is 5.75 Å². The third-order valence-electron chi connectivity index (χ3n) is 2.77. The van der Waals surface area contributed by atoms with Gasteiger partial charge in [-0.25, -0.2) is 0 Å². The molecule has 0 bridgehead atoms. The van der Waals surface area contributed by atoms with E-state index in [2.05, 4.69) is 10.3 Å². The summed E-state index contributed by atoms with van der Waals surface area (Å²) in [4.78, 5) is 16.3. The molecular formula is C14H14ClN3O2. The van der Waals surface area contributed by atoms with Gasteiger partial charge in [0.15, 0.2) is 0 Å². The number of anilines is 2. The van der Waals surface area contributed by atoms with Gasteiger partial charge in [0.25, 0.3) is 5.91 Å². The van der Waals surface area contributed by atoms with E-state index < -0.39 is 0 Å². The van der Waals surface area contributed by atoms with E-state index in [0.717, 1.165) is 0 Å². The van der Waals surface area contributed by atoms with Gasteiger partial charge in [0.1, 0.15) is 5.75 Å². The minimum Gasteiger partial charge on any atom is -0.497 e. The van der Waals surface area contributed by atoms with Crippen molar-refractivity contribution in [3.63, 3.8) is 0 Å². The van der Waals surface area contributed by atoms with E-state index in [-0.39, 0.29) is 5.91 Å². The Kier molecular flexibility index (Phi) is 4.10. The smallest absolute Gasteiger partial charge is 0.257 e.